The van der Waals surface area contributed by atoms with Crippen molar-refractivity contribution in [3.8, 4) is 22.4 Å². The number of pyridine rings is 3. The third-order valence-corrected chi connectivity index (χ3v) is 5.59. The fourth-order valence-electron chi connectivity index (χ4n) is 3.84. The molecule has 0 atom stereocenters. The van der Waals surface area contributed by atoms with Gasteiger partial charge in [-0.2, -0.15) is 5.10 Å². The average Bonchev–Trinajstić information content (AvgIpc) is 3.48. The molecule has 0 spiro atoms. The van der Waals surface area contributed by atoms with Gasteiger partial charge >= 0.3 is 0 Å². The molecule has 2 N–H and O–H groups in total. The summed E-state index contributed by atoms with van der Waals surface area (Å²) in [6.07, 6.45) is 11.2. The first-order valence-corrected chi connectivity index (χ1v) is 11.0. The van der Waals surface area contributed by atoms with Gasteiger partial charge in [0.2, 0.25) is 5.91 Å². The van der Waals surface area contributed by atoms with Crippen LogP contribution in [-0.2, 0) is 17.8 Å². The van der Waals surface area contributed by atoms with E-state index in [0.717, 1.165) is 45.4 Å². The summed E-state index contributed by atoms with van der Waals surface area (Å²) in [5.41, 5.74) is 6.48. The molecule has 0 aliphatic heterocycles. The van der Waals surface area contributed by atoms with Crippen LogP contribution in [0.15, 0.2) is 80.0 Å². The van der Waals surface area contributed by atoms with Crippen LogP contribution < -0.4 is 5.32 Å². The molecule has 1 amide bonds. The second-order valence-electron chi connectivity index (χ2n) is 7.84. The van der Waals surface area contributed by atoms with E-state index in [0.29, 0.717) is 18.1 Å². The standard InChI is InChI=1S/C26H23N7O/c1-3-20-10-18(7-9-28-20)22-15-30-26-21(22)11-19(14-29-26)23-12-24(31-25(34)4-2)33(32-23)16-17-6-5-8-27-13-17/h4-15H,2-3,16H2,1H3,(H,29,30)(H,31,34). The Labute approximate surface area is 196 Å². The number of H-pyrrole nitrogens is 1. The number of hydrogen-bond acceptors (Lipinski definition) is 5. The van der Waals surface area contributed by atoms with Gasteiger partial charge < -0.3 is 10.3 Å². The van der Waals surface area contributed by atoms with Gasteiger partial charge in [0.1, 0.15) is 11.5 Å². The van der Waals surface area contributed by atoms with Gasteiger partial charge in [0.05, 0.1) is 12.2 Å². The normalized spacial score (nSPS) is 11.0. The molecule has 8 nitrogen and oxygen atoms in total. The molecule has 5 rings (SSSR count). The number of hydrogen-bond donors (Lipinski definition) is 2. The molecule has 34 heavy (non-hydrogen) atoms. The molecule has 168 valence electrons. The van der Waals surface area contributed by atoms with Crippen LogP contribution >= 0.6 is 0 Å². The summed E-state index contributed by atoms with van der Waals surface area (Å²) in [4.78, 5) is 28.5. The Balaban J connectivity index is 1.56. The van der Waals surface area contributed by atoms with Gasteiger partial charge in [-0.25, -0.2) is 9.67 Å². The largest absolute Gasteiger partial charge is 0.346 e. The highest BCUT2D eigenvalue weighted by Crippen LogP contribution is 2.31. The topological polar surface area (TPSA) is 101 Å². The zero-order valence-corrected chi connectivity index (χ0v) is 18.7. The second-order valence-corrected chi connectivity index (χ2v) is 7.84. The number of amides is 1. The number of nitrogens with zero attached hydrogens (tertiary/aromatic N) is 5. The molecule has 5 aromatic rings. The summed E-state index contributed by atoms with van der Waals surface area (Å²) in [6.45, 7) is 6.09. The van der Waals surface area contributed by atoms with E-state index in [4.69, 9.17) is 5.10 Å². The molecule has 0 unspecified atom stereocenters. The highest BCUT2D eigenvalue weighted by molar-refractivity contribution is 5.99. The van der Waals surface area contributed by atoms with Crippen molar-refractivity contribution in [2.24, 2.45) is 0 Å². The lowest BCUT2D eigenvalue weighted by molar-refractivity contribution is -0.111. The van der Waals surface area contributed by atoms with E-state index in [9.17, 15) is 4.79 Å². The Morgan fingerprint density at radius 2 is 2.06 bits per heavy atom. The van der Waals surface area contributed by atoms with Crippen molar-refractivity contribution in [3.05, 3.63) is 91.3 Å². The summed E-state index contributed by atoms with van der Waals surface area (Å²) < 4.78 is 1.74. The van der Waals surface area contributed by atoms with Crippen molar-refractivity contribution in [2.75, 3.05) is 5.32 Å². The van der Waals surface area contributed by atoms with Crippen LogP contribution in [0.2, 0.25) is 0 Å². The molecule has 0 aromatic carbocycles. The molecular formula is C26H23N7O. The zero-order chi connectivity index (χ0) is 23.5. The maximum atomic E-state index is 12.0. The van der Waals surface area contributed by atoms with Gasteiger partial charge in [-0.15, -0.1) is 0 Å². The average molecular weight is 450 g/mol. The minimum Gasteiger partial charge on any atom is -0.346 e. The lowest BCUT2D eigenvalue weighted by Crippen LogP contribution is -2.13. The zero-order valence-electron chi connectivity index (χ0n) is 18.7. The van der Waals surface area contributed by atoms with Crippen molar-refractivity contribution >= 4 is 22.8 Å². The van der Waals surface area contributed by atoms with Crippen LogP contribution in [0, 0.1) is 0 Å². The van der Waals surface area contributed by atoms with Gasteiger partial charge in [-0.3, -0.25) is 14.8 Å². The Kier molecular flexibility index (Phi) is 5.70. The van der Waals surface area contributed by atoms with Crippen LogP contribution in [-0.4, -0.2) is 35.6 Å². The predicted molar refractivity (Wildman–Crippen MR) is 132 cm³/mol. The van der Waals surface area contributed by atoms with Gasteiger partial charge in [0.25, 0.3) is 0 Å². The van der Waals surface area contributed by atoms with E-state index < -0.39 is 0 Å². The van der Waals surface area contributed by atoms with Crippen LogP contribution in [0.1, 0.15) is 18.2 Å². The monoisotopic (exact) mass is 449 g/mol. The first-order valence-electron chi connectivity index (χ1n) is 11.0. The smallest absolute Gasteiger partial charge is 0.248 e. The van der Waals surface area contributed by atoms with Crippen molar-refractivity contribution in [1.29, 1.82) is 0 Å². The minimum absolute atomic E-state index is 0.301. The number of aromatic amines is 1. The maximum Gasteiger partial charge on any atom is 0.248 e. The van der Waals surface area contributed by atoms with Crippen molar-refractivity contribution in [2.45, 2.75) is 19.9 Å². The summed E-state index contributed by atoms with van der Waals surface area (Å²) in [5, 5.41) is 8.60. The molecule has 0 fully saturated rings. The Bertz CT molecular complexity index is 1480. The van der Waals surface area contributed by atoms with E-state index in [1.54, 1.807) is 23.3 Å². The van der Waals surface area contributed by atoms with Crippen LogP contribution in [0.25, 0.3) is 33.4 Å². The van der Waals surface area contributed by atoms with E-state index >= 15 is 0 Å². The summed E-state index contributed by atoms with van der Waals surface area (Å²) in [6, 6.07) is 11.8. The van der Waals surface area contributed by atoms with E-state index in [-0.39, 0.29) is 5.91 Å². The number of carbonyl (C=O) groups excluding carboxylic acids is 1. The molecule has 0 bridgehead atoms. The molecule has 8 heteroatoms. The van der Waals surface area contributed by atoms with Gasteiger partial charge in [0.15, 0.2) is 0 Å². The highest BCUT2D eigenvalue weighted by Gasteiger charge is 2.15. The third-order valence-electron chi connectivity index (χ3n) is 5.59. The van der Waals surface area contributed by atoms with Crippen LogP contribution in [0.4, 0.5) is 5.82 Å². The van der Waals surface area contributed by atoms with Crippen molar-refractivity contribution in [1.82, 2.24) is 29.7 Å². The van der Waals surface area contributed by atoms with E-state index in [1.807, 2.05) is 36.7 Å². The molecular weight excluding hydrogens is 426 g/mol. The molecule has 0 radical (unpaired) electrons. The van der Waals surface area contributed by atoms with Crippen LogP contribution in [0.5, 0.6) is 0 Å². The summed E-state index contributed by atoms with van der Waals surface area (Å²) >= 11 is 0. The van der Waals surface area contributed by atoms with Gasteiger partial charge in [-0.05, 0) is 47.9 Å². The Morgan fingerprint density at radius 1 is 1.15 bits per heavy atom. The second kappa shape index (κ2) is 9.11. The minimum atomic E-state index is -0.301. The number of carbonyl (C=O) groups is 1. The lowest BCUT2D eigenvalue weighted by Gasteiger charge is -2.07. The maximum absolute atomic E-state index is 12.0. The van der Waals surface area contributed by atoms with E-state index in [2.05, 4.69) is 50.9 Å². The van der Waals surface area contributed by atoms with Crippen molar-refractivity contribution < 1.29 is 4.79 Å². The fraction of sp³-hybridized carbons (Fsp3) is 0.115. The number of fused-ring (bicyclic) bond motifs is 1. The number of anilines is 1. The molecule has 0 aliphatic carbocycles. The number of aromatic nitrogens is 6. The quantitative estimate of drug-likeness (QED) is 0.353. The molecule has 0 saturated heterocycles. The molecule has 0 aliphatic rings. The predicted octanol–water partition coefficient (Wildman–Crippen LogP) is 4.62. The molecule has 5 aromatic heterocycles. The van der Waals surface area contributed by atoms with E-state index in [1.165, 1.54) is 6.08 Å². The molecule has 0 saturated carbocycles. The number of aryl methyl sites for hydroxylation is 1. The van der Waals surface area contributed by atoms with Gasteiger partial charge in [0, 0.05) is 59.3 Å². The Hall–Kier alpha value is -4.59. The number of nitrogens with one attached hydrogen (secondary N) is 2. The van der Waals surface area contributed by atoms with Gasteiger partial charge in [-0.1, -0.05) is 19.6 Å². The third kappa shape index (κ3) is 4.21. The SMILES string of the molecule is C=CC(=O)Nc1cc(-c2cnc3[nH]cc(-c4ccnc(CC)c4)c3c2)nn1Cc1cccnc1. The lowest BCUT2D eigenvalue weighted by atomic mass is 10.0. The summed E-state index contributed by atoms with van der Waals surface area (Å²) in [7, 11) is 0. The van der Waals surface area contributed by atoms with Crippen LogP contribution in [0.3, 0.4) is 0 Å². The highest BCUT2D eigenvalue weighted by atomic mass is 16.1. The fourth-order valence-corrected chi connectivity index (χ4v) is 3.84. The van der Waals surface area contributed by atoms with Crippen molar-refractivity contribution in [3.63, 3.8) is 0 Å². The first kappa shape index (κ1) is 21.3. The first-order chi connectivity index (χ1) is 16.6. The Morgan fingerprint density at radius 3 is 2.85 bits per heavy atom. The molecule has 5 heterocycles. The number of rotatable bonds is 7. The summed E-state index contributed by atoms with van der Waals surface area (Å²) in [5.74, 6) is 0.268.